The maximum absolute atomic E-state index is 6.42. The summed E-state index contributed by atoms with van der Waals surface area (Å²) >= 11 is 1.76. The van der Waals surface area contributed by atoms with Gasteiger partial charge in [0, 0.05) is 15.5 Å². The summed E-state index contributed by atoms with van der Waals surface area (Å²) in [6, 6.07) is 41.5. The molecular formula is C34H20OS. The maximum Gasteiger partial charge on any atom is 0.136 e. The Kier molecular flexibility index (Phi) is 4.16. The van der Waals surface area contributed by atoms with E-state index in [1.165, 1.54) is 64.7 Å². The zero-order chi connectivity index (χ0) is 23.6. The average Bonchev–Trinajstić information content (AvgIpc) is 3.54. The highest BCUT2D eigenvalue weighted by atomic mass is 32.1. The number of rotatable bonds is 2. The van der Waals surface area contributed by atoms with Gasteiger partial charge in [0.05, 0.1) is 0 Å². The summed E-state index contributed by atoms with van der Waals surface area (Å²) in [4.78, 5) is 0. The maximum atomic E-state index is 6.42. The second-order valence-electron chi connectivity index (χ2n) is 9.29. The van der Waals surface area contributed by atoms with Crippen LogP contribution in [0.15, 0.2) is 125 Å². The van der Waals surface area contributed by atoms with Crippen LogP contribution in [0.2, 0.25) is 0 Å². The Hall–Kier alpha value is -4.40. The molecule has 2 aromatic heterocycles. The van der Waals surface area contributed by atoms with Crippen molar-refractivity contribution in [2.45, 2.75) is 0 Å². The molecule has 2 heterocycles. The highest BCUT2D eigenvalue weighted by Crippen LogP contribution is 2.47. The number of furan rings is 1. The molecule has 0 saturated carbocycles. The molecule has 0 radical (unpaired) electrons. The normalized spacial score (nSPS) is 11.9. The summed E-state index contributed by atoms with van der Waals surface area (Å²) in [6.45, 7) is 0. The molecule has 6 aromatic carbocycles. The van der Waals surface area contributed by atoms with Gasteiger partial charge in [0.1, 0.15) is 11.2 Å². The topological polar surface area (TPSA) is 13.1 Å². The SMILES string of the molecule is c1ccc(-c2c3ccccc3c(-c3cccc4oc5cc6sccc6cc5c34)c3ccccc23)cc1. The van der Waals surface area contributed by atoms with Gasteiger partial charge < -0.3 is 4.42 Å². The summed E-state index contributed by atoms with van der Waals surface area (Å²) < 4.78 is 7.67. The Bertz CT molecular complexity index is 2040. The van der Waals surface area contributed by atoms with Gasteiger partial charge in [-0.25, -0.2) is 0 Å². The largest absolute Gasteiger partial charge is 0.456 e. The van der Waals surface area contributed by atoms with Crippen LogP contribution in [0.3, 0.4) is 0 Å². The minimum atomic E-state index is 0.931. The molecule has 0 atom stereocenters. The van der Waals surface area contributed by atoms with Gasteiger partial charge >= 0.3 is 0 Å². The molecule has 1 nitrogen and oxygen atoms in total. The van der Waals surface area contributed by atoms with Crippen molar-refractivity contribution in [3.05, 3.63) is 121 Å². The van der Waals surface area contributed by atoms with E-state index in [0.717, 1.165) is 11.2 Å². The number of fused-ring (bicyclic) bond motifs is 6. The Balaban J connectivity index is 1.58. The first kappa shape index (κ1) is 19.9. The highest BCUT2D eigenvalue weighted by Gasteiger charge is 2.20. The monoisotopic (exact) mass is 476 g/mol. The van der Waals surface area contributed by atoms with Crippen LogP contribution in [-0.2, 0) is 0 Å². The molecule has 8 aromatic rings. The molecule has 2 heteroatoms. The molecule has 36 heavy (non-hydrogen) atoms. The van der Waals surface area contributed by atoms with Crippen molar-refractivity contribution in [3.63, 3.8) is 0 Å². The first-order valence-corrected chi connectivity index (χ1v) is 13.1. The molecule has 0 saturated heterocycles. The zero-order valence-corrected chi connectivity index (χ0v) is 20.2. The fourth-order valence-electron chi connectivity index (χ4n) is 5.83. The second-order valence-corrected chi connectivity index (χ2v) is 10.2. The van der Waals surface area contributed by atoms with Crippen LogP contribution >= 0.6 is 11.3 Å². The van der Waals surface area contributed by atoms with E-state index in [-0.39, 0.29) is 0 Å². The van der Waals surface area contributed by atoms with Crippen LogP contribution < -0.4 is 0 Å². The van der Waals surface area contributed by atoms with Gasteiger partial charge in [-0.3, -0.25) is 0 Å². The fraction of sp³-hybridized carbons (Fsp3) is 0. The predicted molar refractivity (Wildman–Crippen MR) is 155 cm³/mol. The van der Waals surface area contributed by atoms with Crippen molar-refractivity contribution in [1.82, 2.24) is 0 Å². The lowest BCUT2D eigenvalue weighted by atomic mass is 9.85. The Morgan fingerprint density at radius 3 is 1.89 bits per heavy atom. The van der Waals surface area contributed by atoms with E-state index in [9.17, 15) is 0 Å². The molecule has 8 rings (SSSR count). The zero-order valence-electron chi connectivity index (χ0n) is 19.4. The van der Waals surface area contributed by atoms with Gasteiger partial charge in [-0.15, -0.1) is 11.3 Å². The smallest absolute Gasteiger partial charge is 0.136 e. The molecule has 0 spiro atoms. The van der Waals surface area contributed by atoms with Crippen LogP contribution in [-0.4, -0.2) is 0 Å². The van der Waals surface area contributed by atoms with Gasteiger partial charge in [0.25, 0.3) is 0 Å². The molecule has 0 aliphatic rings. The van der Waals surface area contributed by atoms with Crippen LogP contribution in [0.4, 0.5) is 0 Å². The van der Waals surface area contributed by atoms with Gasteiger partial charge in [0.15, 0.2) is 0 Å². The highest BCUT2D eigenvalue weighted by molar-refractivity contribution is 7.17. The Morgan fingerprint density at radius 1 is 0.500 bits per heavy atom. The van der Waals surface area contributed by atoms with Crippen molar-refractivity contribution >= 4 is 64.9 Å². The molecule has 0 N–H and O–H groups in total. The third kappa shape index (κ3) is 2.76. The van der Waals surface area contributed by atoms with Crippen molar-refractivity contribution < 1.29 is 4.42 Å². The number of benzene rings is 6. The molecule has 0 bridgehead atoms. The second kappa shape index (κ2) is 7.55. The van der Waals surface area contributed by atoms with E-state index >= 15 is 0 Å². The number of thiophene rings is 1. The predicted octanol–water partition coefficient (Wildman–Crippen LogP) is 10.4. The van der Waals surface area contributed by atoms with Gasteiger partial charge in [-0.05, 0) is 78.8 Å². The minimum Gasteiger partial charge on any atom is -0.456 e. The Labute approximate surface area is 211 Å². The third-order valence-electron chi connectivity index (χ3n) is 7.33. The van der Waals surface area contributed by atoms with Crippen LogP contribution in [0, 0.1) is 0 Å². The van der Waals surface area contributed by atoms with E-state index < -0.39 is 0 Å². The lowest BCUT2D eigenvalue weighted by molar-refractivity contribution is 0.669. The summed E-state index contributed by atoms with van der Waals surface area (Å²) in [6.07, 6.45) is 0. The van der Waals surface area contributed by atoms with Gasteiger partial charge in [0.2, 0.25) is 0 Å². The molecular weight excluding hydrogens is 456 g/mol. The molecule has 0 amide bonds. The van der Waals surface area contributed by atoms with Crippen LogP contribution in [0.5, 0.6) is 0 Å². The number of hydrogen-bond acceptors (Lipinski definition) is 2. The van der Waals surface area contributed by atoms with Crippen LogP contribution in [0.25, 0.3) is 75.8 Å². The van der Waals surface area contributed by atoms with E-state index in [1.807, 2.05) is 0 Å². The quantitative estimate of drug-likeness (QED) is 0.226. The van der Waals surface area contributed by atoms with Crippen molar-refractivity contribution in [3.8, 4) is 22.3 Å². The van der Waals surface area contributed by atoms with Crippen molar-refractivity contribution in [1.29, 1.82) is 0 Å². The summed E-state index contributed by atoms with van der Waals surface area (Å²) in [5.41, 5.74) is 6.88. The molecule has 0 aliphatic carbocycles. The van der Waals surface area contributed by atoms with Gasteiger partial charge in [-0.2, -0.15) is 0 Å². The molecule has 0 aliphatic heterocycles. The van der Waals surface area contributed by atoms with Crippen molar-refractivity contribution in [2.24, 2.45) is 0 Å². The Morgan fingerprint density at radius 2 is 1.17 bits per heavy atom. The average molecular weight is 477 g/mol. The summed E-state index contributed by atoms with van der Waals surface area (Å²) in [7, 11) is 0. The molecule has 0 fully saturated rings. The number of hydrogen-bond donors (Lipinski definition) is 0. The molecule has 168 valence electrons. The van der Waals surface area contributed by atoms with E-state index in [2.05, 4.69) is 121 Å². The lowest BCUT2D eigenvalue weighted by Crippen LogP contribution is -1.91. The fourth-order valence-corrected chi connectivity index (χ4v) is 6.63. The van der Waals surface area contributed by atoms with E-state index in [1.54, 1.807) is 11.3 Å². The summed E-state index contributed by atoms with van der Waals surface area (Å²) in [5.74, 6) is 0. The van der Waals surface area contributed by atoms with Crippen molar-refractivity contribution in [2.75, 3.05) is 0 Å². The minimum absolute atomic E-state index is 0.931. The van der Waals surface area contributed by atoms with Crippen LogP contribution in [0.1, 0.15) is 0 Å². The summed E-state index contributed by atoms with van der Waals surface area (Å²) in [5, 5.41) is 10.8. The first-order valence-electron chi connectivity index (χ1n) is 12.2. The van der Waals surface area contributed by atoms with E-state index in [4.69, 9.17) is 4.42 Å². The lowest BCUT2D eigenvalue weighted by Gasteiger charge is -2.18. The van der Waals surface area contributed by atoms with E-state index in [0.29, 0.717) is 0 Å². The molecule has 0 unspecified atom stereocenters. The first-order chi connectivity index (χ1) is 17.9. The standard InChI is InChI=1S/C34H20OS/c1-2-9-21(10-3-1)32-23-11-4-6-13-25(23)33(26-14-7-5-12-24(26)32)27-15-8-16-29-34(27)28-19-22-17-18-36-31(22)20-30(28)35-29/h1-20H. The van der Waals surface area contributed by atoms with Gasteiger partial charge in [-0.1, -0.05) is 91.0 Å². The third-order valence-corrected chi connectivity index (χ3v) is 8.21.